The highest BCUT2D eigenvalue weighted by atomic mass is 16.2. The summed E-state index contributed by atoms with van der Waals surface area (Å²) in [7, 11) is 3.55. The SMILES string of the molecule is CN(C)C(=O)c1ccc([C@H]2CCNC2)cc1. The number of rotatable bonds is 2. The van der Waals surface area contributed by atoms with Gasteiger partial charge < -0.3 is 10.2 Å². The molecule has 3 heteroatoms. The molecule has 1 aliphatic heterocycles. The average molecular weight is 218 g/mol. The largest absolute Gasteiger partial charge is 0.345 e. The molecule has 16 heavy (non-hydrogen) atoms. The number of hydrogen-bond acceptors (Lipinski definition) is 2. The Morgan fingerprint density at radius 3 is 2.50 bits per heavy atom. The Balaban J connectivity index is 2.12. The van der Waals surface area contributed by atoms with Gasteiger partial charge in [0, 0.05) is 26.2 Å². The molecule has 0 aromatic heterocycles. The Bertz CT molecular complexity index is 364. The standard InChI is InChI=1S/C13H18N2O/c1-15(2)13(16)11-5-3-10(4-6-11)12-7-8-14-9-12/h3-6,12,14H,7-9H2,1-2H3/t12-/m0/s1. The van der Waals surface area contributed by atoms with Crippen LogP contribution in [0.15, 0.2) is 24.3 Å². The first-order valence-corrected chi connectivity index (χ1v) is 5.71. The minimum atomic E-state index is 0.0658. The first-order valence-electron chi connectivity index (χ1n) is 5.71. The molecule has 1 aromatic carbocycles. The molecule has 3 nitrogen and oxygen atoms in total. The number of nitrogens with zero attached hydrogens (tertiary/aromatic N) is 1. The molecule has 1 atom stereocenters. The highest BCUT2D eigenvalue weighted by molar-refractivity contribution is 5.93. The van der Waals surface area contributed by atoms with Crippen LogP contribution in [0.1, 0.15) is 28.3 Å². The number of hydrogen-bond donors (Lipinski definition) is 1. The minimum Gasteiger partial charge on any atom is -0.345 e. The summed E-state index contributed by atoms with van der Waals surface area (Å²) in [6.45, 7) is 2.16. The van der Waals surface area contributed by atoms with Gasteiger partial charge in [-0.1, -0.05) is 12.1 Å². The van der Waals surface area contributed by atoms with Crippen LogP contribution in [0.4, 0.5) is 0 Å². The monoisotopic (exact) mass is 218 g/mol. The predicted octanol–water partition coefficient (Wildman–Crippen LogP) is 1.47. The van der Waals surface area contributed by atoms with Gasteiger partial charge in [-0.2, -0.15) is 0 Å². The summed E-state index contributed by atoms with van der Waals surface area (Å²) in [6.07, 6.45) is 1.20. The van der Waals surface area contributed by atoms with Crippen molar-refractivity contribution in [1.29, 1.82) is 0 Å². The number of nitrogens with one attached hydrogen (secondary N) is 1. The van der Waals surface area contributed by atoms with E-state index in [0.29, 0.717) is 5.92 Å². The molecule has 1 amide bonds. The topological polar surface area (TPSA) is 32.3 Å². The summed E-state index contributed by atoms with van der Waals surface area (Å²) >= 11 is 0. The Kier molecular flexibility index (Phi) is 3.25. The van der Waals surface area contributed by atoms with E-state index in [1.54, 1.807) is 19.0 Å². The van der Waals surface area contributed by atoms with Gasteiger partial charge in [0.2, 0.25) is 0 Å². The molecule has 0 radical (unpaired) electrons. The molecule has 1 saturated heterocycles. The van der Waals surface area contributed by atoms with Crippen LogP contribution in [-0.4, -0.2) is 38.0 Å². The Labute approximate surface area is 96.5 Å². The van der Waals surface area contributed by atoms with E-state index < -0.39 is 0 Å². The summed E-state index contributed by atoms with van der Waals surface area (Å²) in [5.41, 5.74) is 2.10. The van der Waals surface area contributed by atoms with Gasteiger partial charge in [-0.15, -0.1) is 0 Å². The molecule has 2 rings (SSSR count). The second-order valence-corrected chi connectivity index (χ2v) is 4.51. The summed E-state index contributed by atoms with van der Waals surface area (Å²) in [4.78, 5) is 13.3. The van der Waals surface area contributed by atoms with Gasteiger partial charge >= 0.3 is 0 Å². The number of carbonyl (C=O) groups excluding carboxylic acids is 1. The van der Waals surface area contributed by atoms with Gasteiger partial charge in [0.05, 0.1) is 0 Å². The van der Waals surface area contributed by atoms with Gasteiger partial charge in [0.15, 0.2) is 0 Å². The average Bonchev–Trinajstić information content (AvgIpc) is 2.81. The van der Waals surface area contributed by atoms with Gasteiger partial charge in [0.1, 0.15) is 0 Å². The minimum absolute atomic E-state index is 0.0658. The fraction of sp³-hybridized carbons (Fsp3) is 0.462. The number of benzene rings is 1. The van der Waals surface area contributed by atoms with Crippen LogP contribution in [0.3, 0.4) is 0 Å². The second kappa shape index (κ2) is 4.66. The van der Waals surface area contributed by atoms with Crippen LogP contribution in [0, 0.1) is 0 Å². The Morgan fingerprint density at radius 2 is 2.00 bits per heavy atom. The highest BCUT2D eigenvalue weighted by Gasteiger charge is 2.16. The van der Waals surface area contributed by atoms with Crippen LogP contribution >= 0.6 is 0 Å². The zero-order valence-electron chi connectivity index (χ0n) is 9.86. The number of amides is 1. The lowest BCUT2D eigenvalue weighted by Gasteiger charge is -2.12. The summed E-state index contributed by atoms with van der Waals surface area (Å²) in [5, 5.41) is 3.35. The lowest BCUT2D eigenvalue weighted by Crippen LogP contribution is -2.21. The zero-order chi connectivity index (χ0) is 11.5. The maximum absolute atomic E-state index is 11.7. The summed E-state index contributed by atoms with van der Waals surface area (Å²) < 4.78 is 0. The van der Waals surface area contributed by atoms with Crippen LogP contribution in [0.5, 0.6) is 0 Å². The molecule has 86 valence electrons. The summed E-state index contributed by atoms with van der Waals surface area (Å²) in [5.74, 6) is 0.680. The normalized spacial score (nSPS) is 19.8. The molecule has 1 aromatic rings. The summed E-state index contributed by atoms with van der Waals surface area (Å²) in [6, 6.07) is 8.01. The molecule has 0 aliphatic carbocycles. The van der Waals surface area contributed by atoms with Crippen molar-refractivity contribution in [3.8, 4) is 0 Å². The molecule has 0 saturated carbocycles. The lowest BCUT2D eigenvalue weighted by molar-refractivity contribution is 0.0827. The van der Waals surface area contributed by atoms with E-state index in [1.807, 2.05) is 12.1 Å². The van der Waals surface area contributed by atoms with Crippen LogP contribution < -0.4 is 5.32 Å². The Hall–Kier alpha value is -1.35. The van der Waals surface area contributed by atoms with Gasteiger partial charge in [-0.3, -0.25) is 4.79 Å². The van der Waals surface area contributed by atoms with Crippen molar-refractivity contribution in [3.05, 3.63) is 35.4 Å². The maximum atomic E-state index is 11.7. The third-order valence-corrected chi connectivity index (χ3v) is 3.10. The van der Waals surface area contributed by atoms with E-state index in [0.717, 1.165) is 18.7 Å². The quantitative estimate of drug-likeness (QED) is 0.815. The molecule has 1 N–H and O–H groups in total. The van der Waals surface area contributed by atoms with E-state index in [1.165, 1.54) is 12.0 Å². The van der Waals surface area contributed by atoms with Crippen molar-refractivity contribution in [1.82, 2.24) is 10.2 Å². The van der Waals surface area contributed by atoms with Crippen molar-refractivity contribution >= 4 is 5.91 Å². The van der Waals surface area contributed by atoms with Crippen molar-refractivity contribution in [3.63, 3.8) is 0 Å². The molecule has 1 aliphatic rings. The first-order chi connectivity index (χ1) is 7.68. The first kappa shape index (κ1) is 11.1. The third kappa shape index (κ3) is 2.25. The molecule has 0 unspecified atom stereocenters. The van der Waals surface area contributed by atoms with Crippen molar-refractivity contribution < 1.29 is 4.79 Å². The van der Waals surface area contributed by atoms with Crippen molar-refractivity contribution in [2.24, 2.45) is 0 Å². The van der Waals surface area contributed by atoms with Crippen molar-refractivity contribution in [2.75, 3.05) is 27.2 Å². The van der Waals surface area contributed by atoms with Gasteiger partial charge in [-0.25, -0.2) is 0 Å². The van der Waals surface area contributed by atoms with Gasteiger partial charge in [-0.05, 0) is 36.6 Å². The second-order valence-electron chi connectivity index (χ2n) is 4.51. The Morgan fingerprint density at radius 1 is 1.31 bits per heavy atom. The zero-order valence-corrected chi connectivity index (χ0v) is 9.86. The number of carbonyl (C=O) groups is 1. The molecular weight excluding hydrogens is 200 g/mol. The maximum Gasteiger partial charge on any atom is 0.253 e. The van der Waals surface area contributed by atoms with Gasteiger partial charge in [0.25, 0.3) is 5.91 Å². The highest BCUT2D eigenvalue weighted by Crippen LogP contribution is 2.22. The molecule has 0 bridgehead atoms. The van der Waals surface area contributed by atoms with Crippen LogP contribution in [0.25, 0.3) is 0 Å². The van der Waals surface area contributed by atoms with Crippen molar-refractivity contribution in [2.45, 2.75) is 12.3 Å². The third-order valence-electron chi connectivity index (χ3n) is 3.10. The van der Waals surface area contributed by atoms with E-state index in [9.17, 15) is 4.79 Å². The predicted molar refractivity (Wildman–Crippen MR) is 64.7 cm³/mol. The van der Waals surface area contributed by atoms with E-state index in [-0.39, 0.29) is 5.91 Å². The van der Waals surface area contributed by atoms with E-state index in [2.05, 4.69) is 17.4 Å². The smallest absolute Gasteiger partial charge is 0.253 e. The fourth-order valence-electron chi connectivity index (χ4n) is 2.10. The molecule has 0 spiro atoms. The fourth-order valence-corrected chi connectivity index (χ4v) is 2.10. The van der Waals surface area contributed by atoms with E-state index in [4.69, 9.17) is 0 Å². The van der Waals surface area contributed by atoms with Crippen LogP contribution in [-0.2, 0) is 0 Å². The van der Waals surface area contributed by atoms with E-state index >= 15 is 0 Å². The molecular formula is C13H18N2O. The van der Waals surface area contributed by atoms with Crippen LogP contribution in [0.2, 0.25) is 0 Å². The molecule has 1 heterocycles. The molecule has 1 fully saturated rings. The lowest BCUT2D eigenvalue weighted by atomic mass is 9.97.